The molecule has 132 valence electrons. The molecular weight excluding hydrogens is 330 g/mol. The van der Waals surface area contributed by atoms with Crippen molar-refractivity contribution in [2.75, 3.05) is 13.2 Å². The fourth-order valence-electron chi connectivity index (χ4n) is 3.40. The lowest BCUT2D eigenvalue weighted by Gasteiger charge is -2.24. The maximum absolute atomic E-state index is 12.8. The van der Waals surface area contributed by atoms with Crippen LogP contribution in [0.15, 0.2) is 17.0 Å². The van der Waals surface area contributed by atoms with Crippen LogP contribution in [0.25, 0.3) is 0 Å². The van der Waals surface area contributed by atoms with E-state index >= 15 is 0 Å². The molecule has 0 aliphatic carbocycles. The first-order chi connectivity index (χ1) is 11.4. The number of amides is 1. The van der Waals surface area contributed by atoms with Crippen molar-refractivity contribution in [3.8, 4) is 5.75 Å². The number of carbonyl (C=O) groups excluding carboxylic acids is 1. The maximum Gasteiger partial charge on any atom is 0.255 e. The molecule has 3 rings (SSSR count). The molecule has 1 fully saturated rings. The molecule has 0 saturated carbocycles. The molecule has 24 heavy (non-hydrogen) atoms. The Hall–Kier alpha value is -1.64. The van der Waals surface area contributed by atoms with Crippen LogP contribution in [0.5, 0.6) is 5.75 Å². The first kappa shape index (κ1) is 17.2. The Balaban J connectivity index is 1.90. The van der Waals surface area contributed by atoms with Gasteiger partial charge in [0.1, 0.15) is 5.75 Å². The van der Waals surface area contributed by atoms with Crippen LogP contribution < -0.4 is 20.5 Å². The fraction of sp³-hybridized carbons (Fsp3) is 0.562. The predicted molar refractivity (Wildman–Crippen MR) is 89.6 cm³/mol. The Morgan fingerprint density at radius 3 is 2.92 bits per heavy atom. The van der Waals surface area contributed by atoms with E-state index < -0.39 is 10.0 Å². The monoisotopic (exact) mass is 353 g/mol. The van der Waals surface area contributed by atoms with Gasteiger partial charge < -0.3 is 15.4 Å². The predicted octanol–water partition coefficient (Wildman–Crippen LogP) is 0.529. The molecule has 1 aromatic carbocycles. The summed E-state index contributed by atoms with van der Waals surface area (Å²) in [7, 11) is -3.88. The van der Waals surface area contributed by atoms with Crippen molar-refractivity contribution in [2.45, 2.75) is 49.6 Å². The number of rotatable bonds is 5. The minimum atomic E-state index is -3.88. The Morgan fingerprint density at radius 2 is 2.29 bits per heavy atom. The first-order valence-corrected chi connectivity index (χ1v) is 9.81. The van der Waals surface area contributed by atoms with Crippen LogP contribution in [-0.2, 0) is 16.4 Å². The third-order valence-electron chi connectivity index (χ3n) is 4.67. The van der Waals surface area contributed by atoms with Gasteiger partial charge >= 0.3 is 0 Å². The van der Waals surface area contributed by atoms with Gasteiger partial charge in [-0.2, -0.15) is 0 Å². The molecule has 2 unspecified atom stereocenters. The molecule has 1 amide bonds. The molecule has 1 aromatic rings. The van der Waals surface area contributed by atoms with E-state index in [9.17, 15) is 13.2 Å². The Labute approximate surface area is 142 Å². The van der Waals surface area contributed by atoms with Gasteiger partial charge in [-0.3, -0.25) is 4.79 Å². The SMILES string of the molecule is CCC(NC(=O)c1cc(S(N)(=O)=O)cc2c1OCC2)C1CCCN1. The van der Waals surface area contributed by atoms with E-state index in [1.807, 2.05) is 6.92 Å². The molecule has 2 atom stereocenters. The molecule has 7 nitrogen and oxygen atoms in total. The summed E-state index contributed by atoms with van der Waals surface area (Å²) in [6.07, 6.45) is 3.47. The van der Waals surface area contributed by atoms with Crippen molar-refractivity contribution < 1.29 is 17.9 Å². The number of primary sulfonamides is 1. The largest absolute Gasteiger partial charge is 0.492 e. The smallest absolute Gasteiger partial charge is 0.255 e. The van der Waals surface area contributed by atoms with E-state index in [1.165, 1.54) is 12.1 Å². The number of benzene rings is 1. The van der Waals surface area contributed by atoms with Crippen LogP contribution in [0, 0.1) is 0 Å². The van der Waals surface area contributed by atoms with Crippen molar-refractivity contribution in [3.05, 3.63) is 23.3 Å². The Kier molecular flexibility index (Phi) is 4.80. The summed E-state index contributed by atoms with van der Waals surface area (Å²) in [6.45, 7) is 3.41. The molecule has 0 bridgehead atoms. The molecule has 1 saturated heterocycles. The van der Waals surface area contributed by atoms with Crippen LogP contribution >= 0.6 is 0 Å². The number of carbonyl (C=O) groups is 1. The minimum Gasteiger partial charge on any atom is -0.492 e. The summed E-state index contributed by atoms with van der Waals surface area (Å²) in [4.78, 5) is 12.7. The van der Waals surface area contributed by atoms with E-state index in [2.05, 4.69) is 10.6 Å². The standard InChI is InChI=1S/C16H23N3O4S/c1-2-13(14-4-3-6-18-14)19-16(20)12-9-11(24(17,21)22)8-10-5-7-23-15(10)12/h8-9,13-14,18H,2-7H2,1H3,(H,19,20)(H2,17,21,22). The number of ether oxygens (including phenoxy) is 1. The highest BCUT2D eigenvalue weighted by Crippen LogP contribution is 2.32. The van der Waals surface area contributed by atoms with Gasteiger partial charge in [0.2, 0.25) is 10.0 Å². The summed E-state index contributed by atoms with van der Waals surface area (Å²) in [5.41, 5.74) is 0.948. The van der Waals surface area contributed by atoms with Gasteiger partial charge in [0, 0.05) is 18.5 Å². The third kappa shape index (κ3) is 3.40. The highest BCUT2D eigenvalue weighted by molar-refractivity contribution is 7.89. The van der Waals surface area contributed by atoms with Gasteiger partial charge in [0.15, 0.2) is 0 Å². The molecule has 0 aromatic heterocycles. The Bertz CT molecular complexity index is 742. The second kappa shape index (κ2) is 6.70. The molecule has 0 radical (unpaired) electrons. The second-order valence-corrected chi connectivity index (χ2v) is 7.86. The zero-order valence-electron chi connectivity index (χ0n) is 13.7. The quantitative estimate of drug-likeness (QED) is 0.715. The van der Waals surface area contributed by atoms with Gasteiger partial charge in [-0.1, -0.05) is 6.92 Å². The fourth-order valence-corrected chi connectivity index (χ4v) is 3.99. The number of hydrogen-bond acceptors (Lipinski definition) is 5. The zero-order chi connectivity index (χ0) is 17.3. The van der Waals surface area contributed by atoms with E-state index in [0.717, 1.165) is 25.8 Å². The van der Waals surface area contributed by atoms with Crippen LogP contribution in [0.3, 0.4) is 0 Å². The van der Waals surface area contributed by atoms with Gasteiger partial charge in [0.05, 0.1) is 17.1 Å². The summed E-state index contributed by atoms with van der Waals surface area (Å²) < 4.78 is 28.9. The van der Waals surface area contributed by atoms with Crippen molar-refractivity contribution in [1.29, 1.82) is 0 Å². The summed E-state index contributed by atoms with van der Waals surface area (Å²) >= 11 is 0. The maximum atomic E-state index is 12.8. The average Bonchev–Trinajstić information content (AvgIpc) is 3.21. The number of sulfonamides is 1. The molecular formula is C16H23N3O4S. The van der Waals surface area contributed by atoms with Crippen molar-refractivity contribution >= 4 is 15.9 Å². The van der Waals surface area contributed by atoms with Crippen molar-refractivity contribution in [1.82, 2.24) is 10.6 Å². The van der Waals surface area contributed by atoms with Gasteiger partial charge in [-0.25, -0.2) is 13.6 Å². The van der Waals surface area contributed by atoms with Crippen LogP contribution in [0.1, 0.15) is 42.1 Å². The molecule has 2 aliphatic heterocycles. The van der Waals surface area contributed by atoms with Crippen LogP contribution in [-0.4, -0.2) is 39.6 Å². The highest BCUT2D eigenvalue weighted by Gasteiger charge is 2.29. The number of nitrogens with one attached hydrogen (secondary N) is 2. The van der Waals surface area contributed by atoms with E-state index in [4.69, 9.17) is 9.88 Å². The molecule has 8 heteroatoms. The zero-order valence-corrected chi connectivity index (χ0v) is 14.5. The van der Waals surface area contributed by atoms with Gasteiger partial charge in [-0.05, 0) is 43.5 Å². The number of hydrogen-bond donors (Lipinski definition) is 3. The summed E-state index contributed by atoms with van der Waals surface area (Å²) in [5, 5.41) is 11.6. The van der Waals surface area contributed by atoms with Gasteiger partial charge in [-0.15, -0.1) is 0 Å². The lowest BCUT2D eigenvalue weighted by molar-refractivity contribution is 0.0924. The summed E-state index contributed by atoms with van der Waals surface area (Å²) in [6, 6.07) is 3.04. The summed E-state index contributed by atoms with van der Waals surface area (Å²) in [5.74, 6) is 0.147. The average molecular weight is 353 g/mol. The molecule has 0 spiro atoms. The molecule has 4 N–H and O–H groups in total. The van der Waals surface area contributed by atoms with E-state index in [-0.39, 0.29) is 28.4 Å². The van der Waals surface area contributed by atoms with Gasteiger partial charge in [0.25, 0.3) is 5.91 Å². The molecule has 2 heterocycles. The van der Waals surface area contributed by atoms with Crippen LogP contribution in [0.2, 0.25) is 0 Å². The number of nitrogens with two attached hydrogens (primary N) is 1. The normalized spacial score (nSPS) is 21.2. The molecule has 2 aliphatic rings. The van der Waals surface area contributed by atoms with Crippen LogP contribution in [0.4, 0.5) is 0 Å². The third-order valence-corrected chi connectivity index (χ3v) is 5.56. The lowest BCUT2D eigenvalue weighted by Crippen LogP contribution is -2.47. The lowest BCUT2D eigenvalue weighted by atomic mass is 10.0. The van der Waals surface area contributed by atoms with Crippen molar-refractivity contribution in [3.63, 3.8) is 0 Å². The van der Waals surface area contributed by atoms with E-state index in [0.29, 0.717) is 24.3 Å². The second-order valence-electron chi connectivity index (χ2n) is 6.29. The highest BCUT2D eigenvalue weighted by atomic mass is 32.2. The van der Waals surface area contributed by atoms with E-state index in [1.54, 1.807) is 0 Å². The minimum absolute atomic E-state index is 0.00445. The van der Waals surface area contributed by atoms with Crippen molar-refractivity contribution in [2.24, 2.45) is 5.14 Å². The Morgan fingerprint density at radius 1 is 1.50 bits per heavy atom. The number of fused-ring (bicyclic) bond motifs is 1. The topological polar surface area (TPSA) is 111 Å². The first-order valence-electron chi connectivity index (χ1n) is 8.27.